The molecule has 0 aliphatic rings. The van der Waals surface area contributed by atoms with Crippen LogP contribution in [0.1, 0.15) is 16.7 Å². The molecule has 0 fully saturated rings. The van der Waals surface area contributed by atoms with E-state index >= 15 is 0 Å². The average Bonchev–Trinajstić information content (AvgIpc) is 2.52. The van der Waals surface area contributed by atoms with Gasteiger partial charge in [-0.3, -0.25) is 0 Å². The fourth-order valence-electron chi connectivity index (χ4n) is 1.71. The summed E-state index contributed by atoms with van der Waals surface area (Å²) in [6.45, 7) is 0.553. The highest BCUT2D eigenvalue weighted by molar-refractivity contribution is 9.08. The molecule has 0 aromatic heterocycles. The smallest absolute Gasteiger partial charge is 0.139 e. The lowest BCUT2D eigenvalue weighted by molar-refractivity contribution is 0.215. The van der Waals surface area contributed by atoms with E-state index in [0.29, 0.717) is 6.61 Å². The van der Waals surface area contributed by atoms with Crippen molar-refractivity contribution in [2.75, 3.05) is 7.11 Å². The maximum Gasteiger partial charge on any atom is 0.139 e. The van der Waals surface area contributed by atoms with Gasteiger partial charge in [0.1, 0.15) is 25.7 Å². The Morgan fingerprint density at radius 3 is 2.40 bits per heavy atom. The summed E-state index contributed by atoms with van der Waals surface area (Å²) >= 11 is 3.48. The second kappa shape index (κ2) is 7.70. The Morgan fingerprint density at radius 1 is 1.05 bits per heavy atom. The van der Waals surface area contributed by atoms with Crippen molar-refractivity contribution >= 4 is 22.1 Å². The van der Waals surface area contributed by atoms with Gasteiger partial charge in [-0.15, -0.1) is 0 Å². The summed E-state index contributed by atoms with van der Waals surface area (Å²) in [5, 5.41) is 4.42. The number of hydrogen-bond acceptors (Lipinski definition) is 3. The average molecular weight is 333 g/mol. The molecule has 2 rings (SSSR count). The van der Waals surface area contributed by atoms with Crippen LogP contribution in [0.3, 0.4) is 0 Å². The fraction of sp³-hybridized carbons (Fsp3) is 0.188. The number of alkyl halides is 1. The van der Waals surface area contributed by atoms with Gasteiger partial charge in [0.25, 0.3) is 0 Å². The first-order valence-electron chi connectivity index (χ1n) is 6.18. The summed E-state index contributed by atoms with van der Waals surface area (Å²) in [4.78, 5) is 4.59. The van der Waals surface area contributed by atoms with Crippen LogP contribution in [0.25, 0.3) is 0 Å². The summed E-state index contributed by atoms with van der Waals surface area (Å²) in [7, 11) is 1.49. The molecular formula is C16H15BrNO2. The van der Waals surface area contributed by atoms with Gasteiger partial charge in [0.05, 0.1) is 0 Å². The Bertz CT molecular complexity index is 567. The molecule has 0 amide bonds. The highest BCUT2D eigenvalue weighted by Crippen LogP contribution is 2.17. The largest absolute Gasteiger partial charge is 0.489 e. The van der Waals surface area contributed by atoms with E-state index in [2.05, 4.69) is 44.3 Å². The first-order chi connectivity index (χ1) is 9.83. The van der Waals surface area contributed by atoms with Crippen molar-refractivity contribution in [2.45, 2.75) is 11.9 Å². The minimum Gasteiger partial charge on any atom is -0.489 e. The van der Waals surface area contributed by atoms with Crippen molar-refractivity contribution in [2.24, 2.45) is 5.16 Å². The summed E-state index contributed by atoms with van der Waals surface area (Å²) < 4.78 is 5.78. The molecule has 4 heteroatoms. The zero-order valence-corrected chi connectivity index (χ0v) is 12.8. The topological polar surface area (TPSA) is 30.8 Å². The molecule has 1 radical (unpaired) electrons. The summed E-state index contributed by atoms with van der Waals surface area (Å²) in [6, 6.07) is 15.8. The van der Waals surface area contributed by atoms with Crippen LogP contribution in [-0.2, 0) is 16.8 Å². The summed E-state index contributed by atoms with van der Waals surface area (Å²) in [6.07, 6.45) is 2.75. The van der Waals surface area contributed by atoms with Crippen LogP contribution < -0.4 is 4.74 Å². The molecule has 3 nitrogen and oxygen atoms in total. The monoisotopic (exact) mass is 332 g/mol. The lowest BCUT2D eigenvalue weighted by atomic mass is 10.1. The van der Waals surface area contributed by atoms with Gasteiger partial charge in [-0.1, -0.05) is 45.4 Å². The number of halogens is 1. The second-order valence-electron chi connectivity index (χ2n) is 4.10. The highest BCUT2D eigenvalue weighted by Gasteiger charge is 2.01. The maximum absolute atomic E-state index is 5.78. The van der Waals surface area contributed by atoms with E-state index in [9.17, 15) is 0 Å². The molecule has 0 heterocycles. The van der Waals surface area contributed by atoms with Crippen molar-refractivity contribution in [3.8, 4) is 5.75 Å². The molecule has 20 heavy (non-hydrogen) atoms. The Balaban J connectivity index is 1.98. The van der Waals surface area contributed by atoms with Crippen molar-refractivity contribution in [1.82, 2.24) is 0 Å². The molecule has 0 spiro atoms. The molecule has 2 aromatic rings. The minimum atomic E-state index is 0.553. The van der Waals surface area contributed by atoms with Gasteiger partial charge in [-0.05, 0) is 35.4 Å². The first-order valence-corrected chi connectivity index (χ1v) is 7.30. The van der Waals surface area contributed by atoms with Crippen LogP contribution >= 0.6 is 15.9 Å². The summed E-state index contributed by atoms with van der Waals surface area (Å²) in [5.74, 6) is 0.817. The molecule has 0 atom stereocenters. The predicted octanol–water partition coefficient (Wildman–Crippen LogP) is 4.02. The number of nitrogens with zero attached hydrogens (tertiary/aromatic N) is 1. The van der Waals surface area contributed by atoms with E-state index in [0.717, 1.165) is 16.6 Å². The zero-order valence-electron chi connectivity index (χ0n) is 11.2. The van der Waals surface area contributed by atoms with Crippen LogP contribution in [0.4, 0.5) is 0 Å². The molecule has 0 saturated carbocycles. The number of benzene rings is 2. The van der Waals surface area contributed by atoms with Crippen LogP contribution in [0, 0.1) is 0 Å². The maximum atomic E-state index is 5.78. The fourth-order valence-corrected chi connectivity index (χ4v) is 2.26. The van der Waals surface area contributed by atoms with E-state index in [1.807, 2.05) is 36.4 Å². The van der Waals surface area contributed by atoms with Crippen molar-refractivity contribution < 1.29 is 9.57 Å². The van der Waals surface area contributed by atoms with Crippen LogP contribution in [0.15, 0.2) is 53.7 Å². The zero-order chi connectivity index (χ0) is 14.2. The predicted molar refractivity (Wildman–Crippen MR) is 83.4 cm³/mol. The quantitative estimate of drug-likeness (QED) is 0.454. The molecule has 0 unspecified atom stereocenters. The van der Waals surface area contributed by atoms with Crippen molar-refractivity contribution in [1.29, 1.82) is 0 Å². The van der Waals surface area contributed by atoms with Crippen LogP contribution in [0.2, 0.25) is 0 Å². The molecule has 0 aliphatic heterocycles. The van der Waals surface area contributed by atoms with E-state index in [1.54, 1.807) is 0 Å². The Morgan fingerprint density at radius 2 is 1.75 bits per heavy atom. The van der Waals surface area contributed by atoms with Crippen LogP contribution in [-0.4, -0.2) is 13.3 Å². The molecule has 103 valence electrons. The number of rotatable bonds is 6. The van der Waals surface area contributed by atoms with E-state index in [4.69, 9.17) is 4.74 Å². The Hall–Kier alpha value is -1.81. The van der Waals surface area contributed by atoms with Crippen LogP contribution in [0.5, 0.6) is 5.75 Å². The summed E-state index contributed by atoms with van der Waals surface area (Å²) in [5.41, 5.74) is 3.27. The molecule has 0 bridgehead atoms. The molecule has 0 N–H and O–H groups in total. The second-order valence-corrected chi connectivity index (χ2v) is 4.66. The Labute approximate surface area is 127 Å². The third kappa shape index (κ3) is 4.10. The third-order valence-corrected chi connectivity index (χ3v) is 3.38. The van der Waals surface area contributed by atoms with E-state index in [-0.39, 0.29) is 0 Å². The lowest BCUT2D eigenvalue weighted by Crippen LogP contribution is -1.98. The molecule has 0 aliphatic carbocycles. The van der Waals surface area contributed by atoms with Gasteiger partial charge in [0, 0.05) is 10.9 Å². The van der Waals surface area contributed by atoms with E-state index in [1.165, 1.54) is 18.2 Å². The van der Waals surface area contributed by atoms with Gasteiger partial charge in [0.15, 0.2) is 0 Å². The lowest BCUT2D eigenvalue weighted by Gasteiger charge is -2.09. The third-order valence-electron chi connectivity index (χ3n) is 2.78. The van der Waals surface area contributed by atoms with Gasteiger partial charge in [-0.2, -0.15) is 0 Å². The van der Waals surface area contributed by atoms with Crippen molar-refractivity contribution in [3.05, 3.63) is 65.2 Å². The SMILES string of the molecule is CON=[C]c1ccc(OCc2ccccc2CBr)cc1. The molecule has 2 aromatic carbocycles. The van der Waals surface area contributed by atoms with Gasteiger partial charge < -0.3 is 9.57 Å². The Kier molecular flexibility index (Phi) is 5.62. The van der Waals surface area contributed by atoms with Gasteiger partial charge >= 0.3 is 0 Å². The number of hydrogen-bond donors (Lipinski definition) is 0. The highest BCUT2D eigenvalue weighted by atomic mass is 79.9. The first kappa shape index (κ1) is 14.6. The van der Waals surface area contributed by atoms with E-state index < -0.39 is 0 Å². The number of ether oxygens (including phenoxy) is 1. The normalized spacial score (nSPS) is 10.7. The van der Waals surface area contributed by atoms with Gasteiger partial charge in [-0.25, -0.2) is 0 Å². The molecule has 0 saturated heterocycles. The van der Waals surface area contributed by atoms with Crippen molar-refractivity contribution in [3.63, 3.8) is 0 Å². The van der Waals surface area contributed by atoms with Gasteiger partial charge in [0.2, 0.25) is 0 Å². The molecular weight excluding hydrogens is 318 g/mol. The minimum absolute atomic E-state index is 0.553. The standard InChI is InChI=1S/C16H15BrNO2/c1-19-18-11-13-6-8-16(9-7-13)20-12-15-5-3-2-4-14(15)10-17/h2-9H,10,12H2,1H3.